The molecule has 0 aromatic rings. The molecule has 12 nitrogen and oxygen atoms in total. The van der Waals surface area contributed by atoms with Crippen molar-refractivity contribution < 1.29 is 44.5 Å². The summed E-state index contributed by atoms with van der Waals surface area (Å²) < 4.78 is 21.1. The van der Waals surface area contributed by atoms with Gasteiger partial charge in [0.1, 0.15) is 42.7 Å². The van der Waals surface area contributed by atoms with Crippen molar-refractivity contribution in [2.24, 2.45) is 5.11 Å². The van der Waals surface area contributed by atoms with Gasteiger partial charge in [0.05, 0.1) is 12.7 Å². The molecule has 0 aromatic carbocycles. The Labute approximate surface area is 143 Å². The summed E-state index contributed by atoms with van der Waals surface area (Å²) in [6.45, 7) is 0.994. The van der Waals surface area contributed by atoms with Crippen LogP contribution in [0, 0.1) is 0 Å². The first kappa shape index (κ1) is 20.3. The van der Waals surface area contributed by atoms with E-state index in [1.54, 1.807) is 0 Å². The van der Waals surface area contributed by atoms with Crippen LogP contribution in [0.3, 0.4) is 0 Å². The van der Waals surface area contributed by atoms with E-state index in [2.05, 4.69) is 10.0 Å². The van der Waals surface area contributed by atoms with Gasteiger partial charge < -0.3 is 44.5 Å². The Morgan fingerprint density at radius 1 is 1.04 bits per heavy atom. The lowest BCUT2D eigenvalue weighted by Gasteiger charge is -2.45. The van der Waals surface area contributed by atoms with Crippen molar-refractivity contribution in [3.05, 3.63) is 10.4 Å². The van der Waals surface area contributed by atoms with Crippen LogP contribution in [0.25, 0.3) is 10.4 Å². The smallest absolute Gasteiger partial charge is 0.187 e. The lowest BCUT2D eigenvalue weighted by molar-refractivity contribution is -0.339. The highest BCUT2D eigenvalue weighted by molar-refractivity contribution is 4.94. The molecule has 2 aliphatic heterocycles. The molecule has 0 amide bonds. The molecule has 2 heterocycles. The van der Waals surface area contributed by atoms with E-state index in [0.29, 0.717) is 0 Å². The van der Waals surface area contributed by atoms with Gasteiger partial charge in [0.2, 0.25) is 0 Å². The third kappa shape index (κ3) is 4.04. The number of aliphatic hydroxyl groups is 5. The highest BCUT2D eigenvalue weighted by atomic mass is 16.7. The second-order valence-corrected chi connectivity index (χ2v) is 5.93. The number of nitrogens with zero attached hydrogens (tertiary/aromatic N) is 3. The van der Waals surface area contributed by atoms with E-state index in [0.717, 1.165) is 0 Å². The van der Waals surface area contributed by atoms with Crippen molar-refractivity contribution in [3.63, 3.8) is 0 Å². The van der Waals surface area contributed by atoms with Crippen molar-refractivity contribution in [1.82, 2.24) is 0 Å². The second kappa shape index (κ2) is 8.56. The zero-order valence-electron chi connectivity index (χ0n) is 13.7. The van der Waals surface area contributed by atoms with Crippen LogP contribution in [0.4, 0.5) is 0 Å². The second-order valence-electron chi connectivity index (χ2n) is 5.93. The number of rotatable bonds is 5. The van der Waals surface area contributed by atoms with Gasteiger partial charge in [-0.1, -0.05) is 5.11 Å². The minimum atomic E-state index is -1.60. The monoisotopic (exact) mass is 365 g/mol. The van der Waals surface area contributed by atoms with E-state index >= 15 is 0 Å². The Kier molecular flexibility index (Phi) is 6.93. The fraction of sp³-hybridized carbons (Fsp3) is 1.00. The van der Waals surface area contributed by atoms with Crippen LogP contribution in [0.2, 0.25) is 0 Å². The van der Waals surface area contributed by atoms with Crippen LogP contribution >= 0.6 is 0 Å². The van der Waals surface area contributed by atoms with Crippen LogP contribution in [-0.2, 0) is 18.9 Å². The predicted molar refractivity (Wildman–Crippen MR) is 78.9 cm³/mol. The molecule has 2 rings (SSSR count). The van der Waals surface area contributed by atoms with Crippen molar-refractivity contribution >= 4 is 0 Å². The Morgan fingerprint density at radius 3 is 2.24 bits per heavy atom. The zero-order valence-corrected chi connectivity index (χ0v) is 13.7. The van der Waals surface area contributed by atoms with Crippen LogP contribution in [0.1, 0.15) is 6.92 Å². The molecule has 2 saturated heterocycles. The van der Waals surface area contributed by atoms with Crippen molar-refractivity contribution in [2.45, 2.75) is 68.3 Å². The van der Waals surface area contributed by atoms with E-state index in [1.165, 1.54) is 14.0 Å². The minimum absolute atomic E-state index is 0.523. The average Bonchev–Trinajstić information content (AvgIpc) is 2.59. The van der Waals surface area contributed by atoms with Gasteiger partial charge in [-0.2, -0.15) is 0 Å². The van der Waals surface area contributed by atoms with Crippen molar-refractivity contribution in [3.8, 4) is 0 Å². The van der Waals surface area contributed by atoms with Crippen LogP contribution in [0.5, 0.6) is 0 Å². The van der Waals surface area contributed by atoms with E-state index in [1.807, 2.05) is 0 Å². The Balaban J connectivity index is 2.17. The first-order chi connectivity index (χ1) is 11.8. The summed E-state index contributed by atoms with van der Waals surface area (Å²) >= 11 is 0. The molecule has 12 heteroatoms. The molecular weight excluding hydrogens is 342 g/mol. The van der Waals surface area contributed by atoms with Crippen molar-refractivity contribution in [2.75, 3.05) is 13.7 Å². The average molecular weight is 365 g/mol. The molecule has 0 radical (unpaired) electrons. The van der Waals surface area contributed by atoms with Gasteiger partial charge in [0.15, 0.2) is 12.5 Å². The van der Waals surface area contributed by atoms with Crippen molar-refractivity contribution in [1.29, 1.82) is 0 Å². The van der Waals surface area contributed by atoms with Crippen LogP contribution < -0.4 is 0 Å². The molecular formula is C13H23N3O9. The van der Waals surface area contributed by atoms with E-state index in [-0.39, 0.29) is 0 Å². The highest BCUT2D eigenvalue weighted by Gasteiger charge is 2.50. The van der Waals surface area contributed by atoms with Crippen LogP contribution in [0.15, 0.2) is 5.11 Å². The fourth-order valence-electron chi connectivity index (χ4n) is 2.93. The van der Waals surface area contributed by atoms with Gasteiger partial charge in [0.25, 0.3) is 0 Å². The molecule has 0 spiro atoms. The van der Waals surface area contributed by atoms with Gasteiger partial charge in [-0.25, -0.2) is 0 Å². The largest absolute Gasteiger partial charge is 0.394 e. The summed E-state index contributed by atoms with van der Waals surface area (Å²) in [4.78, 5) is 2.58. The molecule has 0 saturated carbocycles. The molecule has 144 valence electrons. The SMILES string of the molecule is COC1C(N=[N+]=[N-])OC(OC2C(CO)OC(C)C(O)C2O)C(O)C1O. The molecule has 2 fully saturated rings. The molecule has 25 heavy (non-hydrogen) atoms. The number of ether oxygens (including phenoxy) is 4. The summed E-state index contributed by atoms with van der Waals surface area (Å²) in [5.74, 6) is 0. The lowest BCUT2D eigenvalue weighted by Crippen LogP contribution is -2.63. The molecule has 5 N–H and O–H groups in total. The van der Waals surface area contributed by atoms with Gasteiger partial charge >= 0.3 is 0 Å². The quantitative estimate of drug-likeness (QED) is 0.201. The van der Waals surface area contributed by atoms with Gasteiger partial charge in [-0.15, -0.1) is 0 Å². The number of aliphatic hydroxyl groups excluding tert-OH is 5. The Morgan fingerprint density at radius 2 is 1.68 bits per heavy atom. The van der Waals surface area contributed by atoms with E-state index in [4.69, 9.17) is 24.5 Å². The molecule has 2 aliphatic rings. The zero-order chi connectivity index (χ0) is 18.7. The van der Waals surface area contributed by atoms with Gasteiger partial charge in [0, 0.05) is 12.0 Å². The number of hydrogen-bond donors (Lipinski definition) is 5. The molecule has 10 atom stereocenters. The molecule has 10 unspecified atom stereocenters. The normalized spacial score (nSPS) is 48.0. The lowest BCUT2D eigenvalue weighted by atomic mass is 9.95. The summed E-state index contributed by atoms with van der Waals surface area (Å²) in [6.07, 6.45) is -12.8. The van der Waals surface area contributed by atoms with E-state index < -0.39 is 68.0 Å². The Hall–Kier alpha value is -1.05. The third-order valence-electron chi connectivity index (χ3n) is 4.35. The van der Waals surface area contributed by atoms with Crippen LogP contribution in [-0.4, -0.2) is 101 Å². The predicted octanol–water partition coefficient (Wildman–Crippen LogP) is -2.40. The Bertz CT molecular complexity index is 489. The molecule has 0 bridgehead atoms. The number of azide groups is 1. The minimum Gasteiger partial charge on any atom is -0.394 e. The van der Waals surface area contributed by atoms with Gasteiger partial charge in [-0.3, -0.25) is 0 Å². The van der Waals surface area contributed by atoms with E-state index in [9.17, 15) is 25.5 Å². The maximum absolute atomic E-state index is 10.2. The summed E-state index contributed by atoms with van der Waals surface area (Å²) in [5, 5.41) is 53.1. The van der Waals surface area contributed by atoms with Gasteiger partial charge in [-0.05, 0) is 12.5 Å². The topological polar surface area (TPSA) is 187 Å². The third-order valence-corrected chi connectivity index (χ3v) is 4.35. The summed E-state index contributed by atoms with van der Waals surface area (Å²) in [7, 11) is 1.24. The summed E-state index contributed by atoms with van der Waals surface area (Å²) in [6, 6.07) is 0. The standard InChI is InChI=1S/C13H23N3O9/c1-4-6(18)7(19)10(5(3-17)23-4)24-13-9(21)8(20)11(22-2)12(25-13)15-16-14/h4-13,17-21H,3H2,1-2H3. The maximum Gasteiger partial charge on any atom is 0.187 e. The summed E-state index contributed by atoms with van der Waals surface area (Å²) in [5.41, 5.74) is 8.59. The number of methoxy groups -OCH3 is 1. The maximum atomic E-state index is 10.2. The fourth-order valence-corrected chi connectivity index (χ4v) is 2.93. The first-order valence-electron chi connectivity index (χ1n) is 7.72. The first-order valence-corrected chi connectivity index (χ1v) is 7.72. The molecule has 0 aliphatic carbocycles. The number of hydrogen-bond acceptors (Lipinski definition) is 10. The highest BCUT2D eigenvalue weighted by Crippen LogP contribution is 2.30. The molecule has 0 aromatic heterocycles.